The first kappa shape index (κ1) is 21.4. The van der Waals surface area contributed by atoms with Crippen LogP contribution in [0, 0.1) is 10.1 Å². The highest BCUT2D eigenvalue weighted by atomic mass is 16.6. The van der Waals surface area contributed by atoms with E-state index in [4.69, 9.17) is 9.47 Å². The number of rotatable bonds is 8. The van der Waals surface area contributed by atoms with Crippen LogP contribution in [0.4, 0.5) is 11.4 Å². The second-order valence-corrected chi connectivity index (χ2v) is 5.89. The molecule has 0 fully saturated rings. The number of nitro benzene ring substituents is 1. The fraction of sp³-hybridized carbons (Fsp3) is 0.211. The lowest BCUT2D eigenvalue weighted by Gasteiger charge is -2.13. The Balaban J connectivity index is 1.83. The van der Waals surface area contributed by atoms with Crippen molar-refractivity contribution in [1.82, 2.24) is 5.32 Å². The predicted molar refractivity (Wildman–Crippen MR) is 103 cm³/mol. The van der Waals surface area contributed by atoms with Gasteiger partial charge in [0.05, 0.1) is 12.0 Å². The minimum absolute atomic E-state index is 0.0242. The van der Waals surface area contributed by atoms with Gasteiger partial charge in [0.1, 0.15) is 11.8 Å². The van der Waals surface area contributed by atoms with Gasteiger partial charge in [0.2, 0.25) is 0 Å². The van der Waals surface area contributed by atoms with E-state index >= 15 is 0 Å². The molecule has 0 spiro atoms. The summed E-state index contributed by atoms with van der Waals surface area (Å²) in [6.45, 7) is 0.834. The summed E-state index contributed by atoms with van der Waals surface area (Å²) >= 11 is 0. The lowest BCUT2D eigenvalue weighted by Crippen LogP contribution is -2.40. The van der Waals surface area contributed by atoms with Crippen molar-refractivity contribution in [2.75, 3.05) is 19.0 Å². The van der Waals surface area contributed by atoms with E-state index in [2.05, 4.69) is 10.6 Å². The Morgan fingerprint density at radius 2 is 1.83 bits per heavy atom. The van der Waals surface area contributed by atoms with Gasteiger partial charge in [0, 0.05) is 23.4 Å². The smallest absolute Gasteiger partial charge is 0.328 e. The normalized spacial score (nSPS) is 11.1. The Bertz CT molecular complexity index is 912. The molecule has 0 aliphatic heterocycles. The fourth-order valence-electron chi connectivity index (χ4n) is 2.23. The first-order valence-electron chi connectivity index (χ1n) is 8.46. The maximum atomic E-state index is 12.1. The molecule has 10 heteroatoms. The zero-order valence-electron chi connectivity index (χ0n) is 15.7. The molecular formula is C19H19N3O7. The summed E-state index contributed by atoms with van der Waals surface area (Å²) < 4.78 is 9.89. The zero-order chi connectivity index (χ0) is 21.4. The molecule has 2 N–H and O–H groups in total. The van der Waals surface area contributed by atoms with Gasteiger partial charge in [-0.1, -0.05) is 6.07 Å². The average Bonchev–Trinajstić information content (AvgIpc) is 2.72. The largest absolute Gasteiger partial charge is 0.497 e. The number of benzene rings is 2. The van der Waals surface area contributed by atoms with Crippen LogP contribution in [-0.2, 0) is 14.3 Å². The molecule has 0 saturated carbocycles. The molecule has 2 rings (SSSR count). The van der Waals surface area contributed by atoms with Crippen LogP contribution in [0.2, 0.25) is 0 Å². The first-order chi connectivity index (χ1) is 13.8. The molecular weight excluding hydrogens is 382 g/mol. The van der Waals surface area contributed by atoms with Crippen LogP contribution in [0.25, 0.3) is 0 Å². The number of nitro groups is 1. The Morgan fingerprint density at radius 1 is 1.14 bits per heavy atom. The molecule has 0 heterocycles. The number of ether oxygens (including phenoxy) is 2. The summed E-state index contributed by atoms with van der Waals surface area (Å²) in [5.74, 6) is -1.43. The second kappa shape index (κ2) is 9.83. The average molecular weight is 401 g/mol. The third kappa shape index (κ3) is 6.31. The number of carbonyl (C=O) groups is 3. The van der Waals surface area contributed by atoms with Crippen LogP contribution in [0.3, 0.4) is 0 Å². The summed E-state index contributed by atoms with van der Waals surface area (Å²) in [4.78, 5) is 46.1. The molecule has 1 atom stereocenters. The van der Waals surface area contributed by atoms with E-state index in [9.17, 15) is 24.5 Å². The summed E-state index contributed by atoms with van der Waals surface area (Å²) in [5, 5.41) is 15.7. The van der Waals surface area contributed by atoms with Gasteiger partial charge in [0.25, 0.3) is 17.5 Å². The van der Waals surface area contributed by atoms with Crippen molar-refractivity contribution in [3.8, 4) is 5.75 Å². The molecule has 0 aliphatic rings. The molecule has 0 bridgehead atoms. The highest BCUT2D eigenvalue weighted by molar-refractivity contribution is 5.97. The van der Waals surface area contributed by atoms with Crippen LogP contribution < -0.4 is 15.4 Å². The monoisotopic (exact) mass is 401 g/mol. The van der Waals surface area contributed by atoms with Gasteiger partial charge >= 0.3 is 5.97 Å². The third-order valence-electron chi connectivity index (χ3n) is 3.74. The van der Waals surface area contributed by atoms with Crippen LogP contribution >= 0.6 is 0 Å². The number of anilines is 1. The van der Waals surface area contributed by atoms with Crippen LogP contribution in [0.1, 0.15) is 17.3 Å². The van der Waals surface area contributed by atoms with E-state index in [0.29, 0.717) is 11.4 Å². The Labute approximate surface area is 166 Å². The number of hydrogen-bond acceptors (Lipinski definition) is 7. The van der Waals surface area contributed by atoms with Gasteiger partial charge in [-0.15, -0.1) is 0 Å². The lowest BCUT2D eigenvalue weighted by molar-refractivity contribution is -0.384. The van der Waals surface area contributed by atoms with Gasteiger partial charge in [0.15, 0.2) is 6.61 Å². The third-order valence-corrected chi connectivity index (χ3v) is 3.74. The molecule has 10 nitrogen and oxygen atoms in total. The molecule has 152 valence electrons. The molecule has 0 saturated heterocycles. The second-order valence-electron chi connectivity index (χ2n) is 5.89. The molecule has 29 heavy (non-hydrogen) atoms. The summed E-state index contributed by atoms with van der Waals surface area (Å²) in [6, 6.07) is 10.6. The van der Waals surface area contributed by atoms with E-state index < -0.39 is 35.4 Å². The molecule has 0 aromatic heterocycles. The van der Waals surface area contributed by atoms with Crippen LogP contribution in [0.15, 0.2) is 48.5 Å². The van der Waals surface area contributed by atoms with Crippen molar-refractivity contribution in [3.63, 3.8) is 0 Å². The van der Waals surface area contributed by atoms with Gasteiger partial charge in [-0.05, 0) is 37.3 Å². The molecule has 0 unspecified atom stereocenters. The van der Waals surface area contributed by atoms with Crippen LogP contribution in [0.5, 0.6) is 5.75 Å². The number of methoxy groups -OCH3 is 1. The zero-order valence-corrected chi connectivity index (χ0v) is 15.7. The van der Waals surface area contributed by atoms with E-state index in [1.807, 2.05) is 0 Å². The summed E-state index contributed by atoms with van der Waals surface area (Å²) in [7, 11) is 1.52. The number of carbonyl (C=O) groups excluding carboxylic acids is 3. The van der Waals surface area contributed by atoms with Gasteiger partial charge < -0.3 is 20.1 Å². The Kier molecular flexibility index (Phi) is 7.24. The summed E-state index contributed by atoms with van der Waals surface area (Å²) in [6.07, 6.45) is 0. The van der Waals surface area contributed by atoms with E-state index in [0.717, 1.165) is 6.07 Å². The topological polar surface area (TPSA) is 137 Å². The van der Waals surface area contributed by atoms with Crippen LogP contribution in [-0.4, -0.2) is 42.5 Å². The highest BCUT2D eigenvalue weighted by Gasteiger charge is 2.20. The van der Waals surface area contributed by atoms with Crippen molar-refractivity contribution in [2.24, 2.45) is 0 Å². The number of non-ortho nitro benzene ring substituents is 1. The van der Waals surface area contributed by atoms with Crippen molar-refractivity contribution >= 4 is 29.2 Å². The molecule has 0 radical (unpaired) electrons. The minimum Gasteiger partial charge on any atom is -0.497 e. The van der Waals surface area contributed by atoms with Crippen molar-refractivity contribution < 1.29 is 28.8 Å². The number of nitrogens with zero attached hydrogens (tertiary/aromatic N) is 1. The fourth-order valence-corrected chi connectivity index (χ4v) is 2.23. The van der Waals surface area contributed by atoms with Gasteiger partial charge in [-0.25, -0.2) is 4.79 Å². The minimum atomic E-state index is -1.06. The number of esters is 1. The molecule has 2 aromatic rings. The van der Waals surface area contributed by atoms with Crippen molar-refractivity contribution in [1.29, 1.82) is 0 Å². The number of nitrogens with one attached hydrogen (secondary N) is 2. The van der Waals surface area contributed by atoms with E-state index in [-0.39, 0.29) is 11.3 Å². The van der Waals surface area contributed by atoms with Crippen molar-refractivity contribution in [2.45, 2.75) is 13.0 Å². The summed E-state index contributed by atoms with van der Waals surface area (Å²) in [5.41, 5.74) is 0.276. The quantitative estimate of drug-likeness (QED) is 0.391. The van der Waals surface area contributed by atoms with E-state index in [1.54, 1.807) is 24.3 Å². The maximum absolute atomic E-state index is 12.1. The van der Waals surface area contributed by atoms with E-state index in [1.165, 1.54) is 32.2 Å². The van der Waals surface area contributed by atoms with Gasteiger partial charge in [-0.2, -0.15) is 0 Å². The standard InChI is InChI=1S/C19H19N3O7/c1-12(20-18(24)13-4-3-5-15(10-13)22(26)27)19(25)29-11-17(23)21-14-6-8-16(28-2)9-7-14/h3-10,12H,11H2,1-2H3,(H,20,24)(H,21,23)/t12-/m0/s1. The number of hydrogen-bond donors (Lipinski definition) is 2. The SMILES string of the molecule is COc1ccc(NC(=O)COC(=O)[C@H](C)NC(=O)c2cccc([N+](=O)[O-])c2)cc1. The molecule has 0 aliphatic carbocycles. The maximum Gasteiger partial charge on any atom is 0.328 e. The first-order valence-corrected chi connectivity index (χ1v) is 8.46. The molecule has 2 aromatic carbocycles. The molecule has 2 amide bonds. The lowest BCUT2D eigenvalue weighted by atomic mass is 10.2. The van der Waals surface area contributed by atoms with Crippen molar-refractivity contribution in [3.05, 3.63) is 64.2 Å². The van der Waals surface area contributed by atoms with Gasteiger partial charge in [-0.3, -0.25) is 19.7 Å². The number of amides is 2. The Morgan fingerprint density at radius 3 is 2.45 bits per heavy atom. The Hall–Kier alpha value is -3.95. The predicted octanol–water partition coefficient (Wildman–Crippen LogP) is 1.90. The highest BCUT2D eigenvalue weighted by Crippen LogP contribution is 2.15.